The number of benzene rings is 1. The molecule has 1 aliphatic rings. The molecule has 0 bridgehead atoms. The summed E-state index contributed by atoms with van der Waals surface area (Å²) in [4.78, 5) is 0. The van der Waals surface area contributed by atoms with E-state index in [4.69, 9.17) is 28.9 Å². The molecule has 0 saturated heterocycles. The number of hydrogen-bond donors (Lipinski definition) is 1. The Morgan fingerprint density at radius 2 is 2.06 bits per heavy atom. The second-order valence-electron chi connectivity index (χ2n) is 4.85. The predicted molar refractivity (Wildman–Crippen MR) is 69.9 cm³/mol. The fourth-order valence-corrected chi connectivity index (χ4v) is 3.04. The van der Waals surface area contributed by atoms with Gasteiger partial charge >= 0.3 is 0 Å². The van der Waals surface area contributed by atoms with E-state index in [0.717, 1.165) is 11.5 Å². The number of nitrogens with two attached hydrogens (primary N) is 1. The summed E-state index contributed by atoms with van der Waals surface area (Å²) in [5.74, 6) is 1.33. The molecule has 1 aliphatic carbocycles. The average molecular weight is 258 g/mol. The Morgan fingerprint density at radius 1 is 1.31 bits per heavy atom. The molecule has 0 radical (unpaired) electrons. The van der Waals surface area contributed by atoms with E-state index < -0.39 is 0 Å². The third-order valence-electron chi connectivity index (χ3n) is 3.58. The van der Waals surface area contributed by atoms with Crippen molar-refractivity contribution in [2.45, 2.75) is 32.2 Å². The first-order valence-electron chi connectivity index (χ1n) is 5.79. The molecule has 0 amide bonds. The lowest BCUT2D eigenvalue weighted by Crippen LogP contribution is -2.19. The van der Waals surface area contributed by atoms with E-state index in [0.29, 0.717) is 16.0 Å². The fraction of sp³-hybridized carbons (Fsp3) is 0.538. The van der Waals surface area contributed by atoms with Crippen molar-refractivity contribution >= 4 is 23.2 Å². The van der Waals surface area contributed by atoms with E-state index >= 15 is 0 Å². The standard InChI is InChI=1S/C13H17Cl2N/c1-8-5-6-9(7-8)13(16)10-3-2-4-11(14)12(10)15/h2-4,8-9,13H,5-7,16H2,1H3. The molecule has 3 unspecified atom stereocenters. The smallest absolute Gasteiger partial charge is 0.0640 e. The van der Waals surface area contributed by atoms with E-state index in [9.17, 15) is 0 Å². The van der Waals surface area contributed by atoms with Crippen molar-refractivity contribution < 1.29 is 0 Å². The quantitative estimate of drug-likeness (QED) is 0.834. The minimum Gasteiger partial charge on any atom is -0.324 e. The van der Waals surface area contributed by atoms with Gasteiger partial charge in [-0.3, -0.25) is 0 Å². The maximum atomic E-state index is 6.29. The van der Waals surface area contributed by atoms with E-state index in [2.05, 4.69) is 6.92 Å². The van der Waals surface area contributed by atoms with Gasteiger partial charge in [-0.25, -0.2) is 0 Å². The summed E-state index contributed by atoms with van der Waals surface area (Å²) in [6.07, 6.45) is 3.67. The van der Waals surface area contributed by atoms with Gasteiger partial charge in [0.05, 0.1) is 10.0 Å². The van der Waals surface area contributed by atoms with Gasteiger partial charge in [0.1, 0.15) is 0 Å². The molecule has 1 aromatic carbocycles. The van der Waals surface area contributed by atoms with Crippen LogP contribution in [0.2, 0.25) is 10.0 Å². The van der Waals surface area contributed by atoms with Crippen LogP contribution in [-0.2, 0) is 0 Å². The van der Waals surface area contributed by atoms with Gasteiger partial charge in [0, 0.05) is 6.04 Å². The zero-order valence-corrected chi connectivity index (χ0v) is 10.9. The fourth-order valence-electron chi connectivity index (χ4n) is 2.61. The van der Waals surface area contributed by atoms with Gasteiger partial charge in [-0.05, 0) is 36.3 Å². The SMILES string of the molecule is CC1CCC(C(N)c2cccc(Cl)c2Cl)C1. The zero-order valence-electron chi connectivity index (χ0n) is 9.42. The Hall–Kier alpha value is -0.240. The molecule has 2 N–H and O–H groups in total. The lowest BCUT2D eigenvalue weighted by atomic mass is 9.92. The van der Waals surface area contributed by atoms with Crippen molar-refractivity contribution in [2.24, 2.45) is 17.6 Å². The Morgan fingerprint density at radius 3 is 2.69 bits per heavy atom. The van der Waals surface area contributed by atoms with Crippen LogP contribution in [0.4, 0.5) is 0 Å². The van der Waals surface area contributed by atoms with Crippen molar-refractivity contribution in [1.29, 1.82) is 0 Å². The highest BCUT2D eigenvalue weighted by Gasteiger charge is 2.28. The summed E-state index contributed by atoms with van der Waals surface area (Å²) >= 11 is 12.2. The first-order chi connectivity index (χ1) is 7.59. The van der Waals surface area contributed by atoms with Crippen molar-refractivity contribution in [3.63, 3.8) is 0 Å². The monoisotopic (exact) mass is 257 g/mol. The van der Waals surface area contributed by atoms with Gasteiger partial charge < -0.3 is 5.73 Å². The van der Waals surface area contributed by atoms with Crippen LogP contribution in [0.25, 0.3) is 0 Å². The summed E-state index contributed by atoms with van der Waals surface area (Å²) in [7, 11) is 0. The summed E-state index contributed by atoms with van der Waals surface area (Å²) in [6.45, 7) is 2.28. The summed E-state index contributed by atoms with van der Waals surface area (Å²) in [5.41, 5.74) is 7.28. The molecule has 88 valence electrons. The number of halogens is 2. The van der Waals surface area contributed by atoms with Gasteiger partial charge in [-0.1, -0.05) is 48.7 Å². The van der Waals surface area contributed by atoms with Crippen molar-refractivity contribution in [1.82, 2.24) is 0 Å². The van der Waals surface area contributed by atoms with Crippen LogP contribution in [0, 0.1) is 11.8 Å². The average Bonchev–Trinajstić information content (AvgIpc) is 2.68. The Bertz CT molecular complexity index is 378. The van der Waals surface area contributed by atoms with Crippen LogP contribution in [0.15, 0.2) is 18.2 Å². The van der Waals surface area contributed by atoms with Crippen molar-refractivity contribution in [2.75, 3.05) is 0 Å². The molecular formula is C13H17Cl2N. The molecule has 3 atom stereocenters. The third-order valence-corrected chi connectivity index (χ3v) is 4.42. The van der Waals surface area contributed by atoms with Gasteiger partial charge in [0.2, 0.25) is 0 Å². The zero-order chi connectivity index (χ0) is 11.7. The Kier molecular flexibility index (Phi) is 3.78. The van der Waals surface area contributed by atoms with Crippen LogP contribution >= 0.6 is 23.2 Å². The maximum absolute atomic E-state index is 6.29. The Balaban J connectivity index is 2.20. The summed E-state index contributed by atoms with van der Waals surface area (Å²) in [5, 5.41) is 1.22. The number of hydrogen-bond acceptors (Lipinski definition) is 1. The normalized spacial score (nSPS) is 27.0. The molecule has 0 spiro atoms. The molecule has 2 rings (SSSR count). The van der Waals surface area contributed by atoms with E-state index in [1.807, 2.05) is 12.1 Å². The topological polar surface area (TPSA) is 26.0 Å². The second-order valence-corrected chi connectivity index (χ2v) is 5.63. The van der Waals surface area contributed by atoms with Gasteiger partial charge in [-0.2, -0.15) is 0 Å². The molecule has 0 aliphatic heterocycles. The largest absolute Gasteiger partial charge is 0.324 e. The minimum absolute atomic E-state index is 0.0242. The lowest BCUT2D eigenvalue weighted by Gasteiger charge is -2.21. The first kappa shape index (κ1) is 12.2. The van der Waals surface area contributed by atoms with Crippen LogP contribution in [0.1, 0.15) is 37.8 Å². The highest BCUT2D eigenvalue weighted by atomic mass is 35.5. The predicted octanol–water partition coefficient (Wildman–Crippen LogP) is 4.43. The van der Waals surface area contributed by atoms with Gasteiger partial charge in [0.15, 0.2) is 0 Å². The van der Waals surface area contributed by atoms with Gasteiger partial charge in [0.25, 0.3) is 0 Å². The molecule has 1 aromatic rings. The van der Waals surface area contributed by atoms with Crippen LogP contribution in [0.3, 0.4) is 0 Å². The molecule has 0 heterocycles. The van der Waals surface area contributed by atoms with Crippen LogP contribution in [0.5, 0.6) is 0 Å². The summed E-state index contributed by atoms with van der Waals surface area (Å²) < 4.78 is 0. The lowest BCUT2D eigenvalue weighted by molar-refractivity contribution is 0.429. The van der Waals surface area contributed by atoms with Gasteiger partial charge in [-0.15, -0.1) is 0 Å². The van der Waals surface area contributed by atoms with Crippen LogP contribution in [-0.4, -0.2) is 0 Å². The van der Waals surface area contributed by atoms with Crippen molar-refractivity contribution in [3.05, 3.63) is 33.8 Å². The molecule has 1 fully saturated rings. The van der Waals surface area contributed by atoms with Crippen molar-refractivity contribution in [3.8, 4) is 0 Å². The molecule has 3 heteroatoms. The van der Waals surface area contributed by atoms with E-state index in [1.54, 1.807) is 6.07 Å². The molecule has 1 saturated carbocycles. The number of rotatable bonds is 2. The molecule has 0 aromatic heterocycles. The first-order valence-corrected chi connectivity index (χ1v) is 6.54. The highest BCUT2D eigenvalue weighted by Crippen LogP contribution is 2.40. The molecular weight excluding hydrogens is 241 g/mol. The molecule has 1 nitrogen and oxygen atoms in total. The van der Waals surface area contributed by atoms with E-state index in [1.165, 1.54) is 19.3 Å². The summed E-state index contributed by atoms with van der Waals surface area (Å²) in [6, 6.07) is 5.73. The van der Waals surface area contributed by atoms with Crippen LogP contribution < -0.4 is 5.73 Å². The Labute approximate surface area is 107 Å². The highest BCUT2D eigenvalue weighted by molar-refractivity contribution is 6.42. The second kappa shape index (κ2) is 4.95. The molecule has 16 heavy (non-hydrogen) atoms. The minimum atomic E-state index is 0.0242. The third kappa shape index (κ3) is 2.37. The maximum Gasteiger partial charge on any atom is 0.0640 e. The van der Waals surface area contributed by atoms with E-state index in [-0.39, 0.29) is 6.04 Å².